The van der Waals surface area contributed by atoms with Crippen molar-refractivity contribution in [2.24, 2.45) is 0 Å². The van der Waals surface area contributed by atoms with E-state index in [4.69, 9.17) is 0 Å². The third-order valence-corrected chi connectivity index (χ3v) is 4.97. The van der Waals surface area contributed by atoms with Gasteiger partial charge in [0.2, 0.25) is 0 Å². The van der Waals surface area contributed by atoms with Gasteiger partial charge in [0.15, 0.2) is 9.84 Å². The molecule has 1 heterocycles. The number of anilines is 1. The summed E-state index contributed by atoms with van der Waals surface area (Å²) in [5.74, 6) is -0.474. The van der Waals surface area contributed by atoms with Gasteiger partial charge in [-0.1, -0.05) is 6.92 Å². The largest absolute Gasteiger partial charge is 0.378 e. The van der Waals surface area contributed by atoms with Crippen molar-refractivity contribution in [2.45, 2.75) is 24.8 Å². The Bertz CT molecular complexity index is 711. The van der Waals surface area contributed by atoms with Crippen molar-refractivity contribution in [3.8, 4) is 0 Å². The molecule has 0 saturated heterocycles. The standard InChI is InChI=1S/C13H15FN2O2S2/c1-3-13-16-8-9(19-13)7-15-12-6-10(20(2,17)18)4-5-11(12)14/h4-6,8,15H,3,7H2,1-2H3. The van der Waals surface area contributed by atoms with Crippen LogP contribution in [-0.4, -0.2) is 19.7 Å². The minimum Gasteiger partial charge on any atom is -0.378 e. The van der Waals surface area contributed by atoms with Gasteiger partial charge in [0, 0.05) is 17.3 Å². The lowest BCUT2D eigenvalue weighted by Crippen LogP contribution is -2.03. The normalized spacial score (nSPS) is 11.6. The van der Waals surface area contributed by atoms with Gasteiger partial charge in [-0.15, -0.1) is 11.3 Å². The Hall–Kier alpha value is -1.47. The second kappa shape index (κ2) is 5.88. The number of rotatable bonds is 5. The van der Waals surface area contributed by atoms with Gasteiger partial charge in [0.1, 0.15) is 5.82 Å². The van der Waals surface area contributed by atoms with Gasteiger partial charge in [-0.2, -0.15) is 0 Å². The van der Waals surface area contributed by atoms with Crippen LogP contribution in [0.4, 0.5) is 10.1 Å². The van der Waals surface area contributed by atoms with Crippen molar-refractivity contribution in [3.63, 3.8) is 0 Å². The molecule has 0 saturated carbocycles. The third kappa shape index (κ3) is 3.55. The lowest BCUT2D eigenvalue weighted by atomic mass is 10.3. The molecule has 20 heavy (non-hydrogen) atoms. The maximum Gasteiger partial charge on any atom is 0.175 e. The molecule has 0 amide bonds. The van der Waals surface area contributed by atoms with Gasteiger partial charge < -0.3 is 5.32 Å². The Balaban J connectivity index is 2.16. The average Bonchev–Trinajstić information content (AvgIpc) is 2.84. The summed E-state index contributed by atoms with van der Waals surface area (Å²) in [7, 11) is -3.34. The van der Waals surface area contributed by atoms with Crippen LogP contribution in [0, 0.1) is 5.82 Å². The first-order valence-corrected chi connectivity index (χ1v) is 8.78. The zero-order valence-electron chi connectivity index (χ0n) is 11.2. The highest BCUT2D eigenvalue weighted by molar-refractivity contribution is 7.90. The van der Waals surface area contributed by atoms with Gasteiger partial charge in [0.25, 0.3) is 0 Å². The smallest absolute Gasteiger partial charge is 0.175 e. The zero-order valence-corrected chi connectivity index (χ0v) is 12.8. The fraction of sp³-hybridized carbons (Fsp3) is 0.308. The molecule has 2 aromatic rings. The summed E-state index contributed by atoms with van der Waals surface area (Å²) < 4.78 is 36.6. The fourth-order valence-electron chi connectivity index (χ4n) is 1.65. The van der Waals surface area contributed by atoms with E-state index in [1.54, 1.807) is 17.5 Å². The molecular weight excluding hydrogens is 299 g/mol. The van der Waals surface area contributed by atoms with Crippen LogP contribution >= 0.6 is 11.3 Å². The molecule has 1 N–H and O–H groups in total. The summed E-state index contributed by atoms with van der Waals surface area (Å²) in [6.07, 6.45) is 3.71. The van der Waals surface area contributed by atoms with Crippen molar-refractivity contribution >= 4 is 26.9 Å². The van der Waals surface area contributed by atoms with E-state index in [9.17, 15) is 12.8 Å². The van der Waals surface area contributed by atoms with E-state index in [0.29, 0.717) is 6.54 Å². The molecule has 0 unspecified atom stereocenters. The Morgan fingerprint density at radius 2 is 2.15 bits per heavy atom. The summed E-state index contributed by atoms with van der Waals surface area (Å²) in [4.78, 5) is 5.29. The highest BCUT2D eigenvalue weighted by atomic mass is 32.2. The Morgan fingerprint density at radius 3 is 2.75 bits per heavy atom. The van der Waals surface area contributed by atoms with Crippen molar-refractivity contribution in [2.75, 3.05) is 11.6 Å². The Kier molecular flexibility index (Phi) is 4.39. The molecule has 0 bridgehead atoms. The van der Waals surface area contributed by atoms with Crippen LogP contribution < -0.4 is 5.32 Å². The first-order chi connectivity index (χ1) is 9.40. The van der Waals surface area contributed by atoms with Crippen LogP contribution in [0.25, 0.3) is 0 Å². The van der Waals surface area contributed by atoms with E-state index in [2.05, 4.69) is 10.3 Å². The molecule has 0 radical (unpaired) electrons. The highest BCUT2D eigenvalue weighted by Gasteiger charge is 2.11. The number of aryl methyl sites for hydroxylation is 1. The van der Waals surface area contributed by atoms with Crippen molar-refractivity contribution in [1.29, 1.82) is 0 Å². The number of hydrogen-bond acceptors (Lipinski definition) is 5. The van der Waals surface area contributed by atoms with Crippen LogP contribution in [0.15, 0.2) is 29.3 Å². The molecular formula is C13H15FN2O2S2. The predicted octanol–water partition coefficient (Wildman–Crippen LogP) is 2.86. The van der Waals surface area contributed by atoms with Crippen molar-refractivity contribution < 1.29 is 12.8 Å². The van der Waals surface area contributed by atoms with Crippen LogP contribution in [0.1, 0.15) is 16.8 Å². The first kappa shape index (κ1) is 14.9. The van der Waals surface area contributed by atoms with Crippen molar-refractivity contribution in [3.05, 3.63) is 40.1 Å². The quantitative estimate of drug-likeness (QED) is 0.862. The summed E-state index contributed by atoms with van der Waals surface area (Å²) >= 11 is 1.55. The molecule has 0 spiro atoms. The lowest BCUT2D eigenvalue weighted by Gasteiger charge is -2.07. The molecule has 7 heteroatoms. The molecule has 0 fully saturated rings. The third-order valence-electron chi connectivity index (χ3n) is 2.72. The predicted molar refractivity (Wildman–Crippen MR) is 78.3 cm³/mol. The second-order valence-electron chi connectivity index (χ2n) is 4.34. The summed E-state index contributed by atoms with van der Waals surface area (Å²) in [5.41, 5.74) is 0.180. The molecule has 2 rings (SSSR count). The number of benzene rings is 1. The van der Waals surface area contributed by atoms with E-state index >= 15 is 0 Å². The summed E-state index contributed by atoms with van der Waals surface area (Å²) in [6, 6.07) is 3.73. The molecule has 4 nitrogen and oxygen atoms in total. The van der Waals surface area contributed by atoms with Gasteiger partial charge in [-0.05, 0) is 24.6 Å². The van der Waals surface area contributed by atoms with Gasteiger partial charge >= 0.3 is 0 Å². The average molecular weight is 314 g/mol. The van der Waals surface area contributed by atoms with Crippen LogP contribution in [0.2, 0.25) is 0 Å². The minimum atomic E-state index is -3.34. The maximum absolute atomic E-state index is 13.7. The SMILES string of the molecule is CCc1ncc(CNc2cc(S(C)(=O)=O)ccc2F)s1. The topological polar surface area (TPSA) is 59.1 Å². The lowest BCUT2D eigenvalue weighted by molar-refractivity contribution is 0.600. The molecule has 1 aromatic carbocycles. The fourth-order valence-corrected chi connectivity index (χ4v) is 3.10. The van der Waals surface area contributed by atoms with Gasteiger partial charge in [0.05, 0.1) is 22.1 Å². The molecule has 1 aromatic heterocycles. The highest BCUT2D eigenvalue weighted by Crippen LogP contribution is 2.21. The van der Waals surface area contributed by atoms with Crippen LogP contribution in [0.3, 0.4) is 0 Å². The van der Waals surface area contributed by atoms with E-state index in [0.717, 1.165) is 28.6 Å². The van der Waals surface area contributed by atoms with E-state index in [-0.39, 0.29) is 10.6 Å². The molecule has 0 aliphatic heterocycles. The van der Waals surface area contributed by atoms with Crippen LogP contribution in [-0.2, 0) is 22.8 Å². The Morgan fingerprint density at radius 1 is 1.40 bits per heavy atom. The molecule has 108 valence electrons. The molecule has 0 aliphatic carbocycles. The van der Waals surface area contributed by atoms with E-state index in [1.807, 2.05) is 6.92 Å². The zero-order chi connectivity index (χ0) is 14.8. The number of nitrogens with one attached hydrogen (secondary N) is 1. The summed E-state index contributed by atoms with van der Waals surface area (Å²) in [6.45, 7) is 2.44. The summed E-state index contributed by atoms with van der Waals surface area (Å²) in [5, 5.41) is 3.93. The number of aromatic nitrogens is 1. The number of nitrogens with zero attached hydrogens (tertiary/aromatic N) is 1. The first-order valence-electron chi connectivity index (χ1n) is 6.07. The second-order valence-corrected chi connectivity index (χ2v) is 7.56. The number of thiazole rings is 1. The molecule has 0 aliphatic rings. The monoisotopic (exact) mass is 314 g/mol. The minimum absolute atomic E-state index is 0.0972. The maximum atomic E-state index is 13.7. The number of halogens is 1. The number of sulfone groups is 1. The van der Waals surface area contributed by atoms with Gasteiger partial charge in [-0.3, -0.25) is 0 Å². The van der Waals surface area contributed by atoms with E-state index < -0.39 is 15.7 Å². The number of hydrogen-bond donors (Lipinski definition) is 1. The Labute approximate surface area is 121 Å². The molecule has 0 atom stereocenters. The van der Waals surface area contributed by atoms with Crippen molar-refractivity contribution in [1.82, 2.24) is 4.98 Å². The van der Waals surface area contributed by atoms with Gasteiger partial charge in [-0.25, -0.2) is 17.8 Å². The van der Waals surface area contributed by atoms with Crippen LogP contribution in [0.5, 0.6) is 0 Å². The van der Waals surface area contributed by atoms with E-state index in [1.165, 1.54) is 12.1 Å².